The fourth-order valence-corrected chi connectivity index (χ4v) is 1.37. The molecule has 2 unspecified atom stereocenters. The van der Waals surface area contributed by atoms with E-state index in [0.29, 0.717) is 25.7 Å². The average Bonchev–Trinajstić information content (AvgIpc) is 2.15. The summed E-state index contributed by atoms with van der Waals surface area (Å²) >= 11 is 0. The molecule has 0 aliphatic carbocycles. The number of hydrogen-bond acceptors (Lipinski definition) is 4. The molecule has 2 atom stereocenters. The van der Waals surface area contributed by atoms with Crippen LogP contribution in [0.4, 0.5) is 0 Å². The summed E-state index contributed by atoms with van der Waals surface area (Å²) in [5.41, 5.74) is 4.38. The minimum Gasteiger partial charge on any atom is -0.480 e. The lowest BCUT2D eigenvalue weighted by atomic mass is 9.96. The molecule has 0 amide bonds. The molecule has 0 aliphatic heterocycles. The van der Waals surface area contributed by atoms with Crippen LogP contribution in [0.5, 0.6) is 0 Å². The van der Waals surface area contributed by atoms with Crippen LogP contribution in [0.25, 0.3) is 0 Å². The Kier molecular flexibility index (Phi) is 7.34. The zero-order valence-electron chi connectivity index (χ0n) is 11.2. The molecule has 0 aromatic heterocycles. The van der Waals surface area contributed by atoms with Crippen LogP contribution in [-0.2, 0) is 14.3 Å². The lowest BCUT2D eigenvalue weighted by Crippen LogP contribution is -2.47. The molecule has 0 spiro atoms. The highest BCUT2D eigenvalue weighted by Crippen LogP contribution is 2.11. The number of carbonyl (C=O) groups is 1. The molecule has 0 rings (SSSR count). The molecule has 0 fully saturated rings. The molecular weight excluding hydrogens is 222 g/mol. The third-order valence-corrected chi connectivity index (χ3v) is 2.28. The first kappa shape index (κ1) is 16.4. The molecule has 0 aliphatic rings. The minimum absolute atomic E-state index is 0.191. The third-order valence-electron chi connectivity index (χ3n) is 2.28. The topological polar surface area (TPSA) is 81.8 Å². The molecular formula is C12H25NO4. The number of carboxylic acid groups (broad SMARTS) is 1. The van der Waals surface area contributed by atoms with E-state index >= 15 is 0 Å². The molecule has 0 radical (unpaired) electrons. The summed E-state index contributed by atoms with van der Waals surface area (Å²) in [4.78, 5) is 10.8. The standard InChI is InChI=1S/C12H25NO4/c1-9(2)8-16-5-6-17-10(3)7-12(4,13)11(14)15/h9-10H,5-8,13H2,1-4H3,(H,14,15). The van der Waals surface area contributed by atoms with Gasteiger partial charge in [-0.25, -0.2) is 0 Å². The average molecular weight is 247 g/mol. The molecule has 0 aromatic rings. The Balaban J connectivity index is 3.66. The second-order valence-electron chi connectivity index (χ2n) is 5.08. The van der Waals surface area contributed by atoms with E-state index in [1.54, 1.807) is 0 Å². The Hall–Kier alpha value is -0.650. The lowest BCUT2D eigenvalue weighted by Gasteiger charge is -2.23. The van der Waals surface area contributed by atoms with Crippen molar-refractivity contribution in [1.82, 2.24) is 0 Å². The van der Waals surface area contributed by atoms with Gasteiger partial charge in [0, 0.05) is 13.0 Å². The summed E-state index contributed by atoms with van der Waals surface area (Å²) in [7, 11) is 0. The first-order valence-electron chi connectivity index (χ1n) is 5.97. The van der Waals surface area contributed by atoms with E-state index in [9.17, 15) is 4.79 Å². The monoisotopic (exact) mass is 247 g/mol. The summed E-state index contributed by atoms with van der Waals surface area (Å²) in [5, 5.41) is 8.86. The summed E-state index contributed by atoms with van der Waals surface area (Å²) in [6.45, 7) is 9.16. The fraction of sp³-hybridized carbons (Fsp3) is 0.917. The number of aliphatic carboxylic acids is 1. The van der Waals surface area contributed by atoms with Crippen LogP contribution >= 0.6 is 0 Å². The fourth-order valence-electron chi connectivity index (χ4n) is 1.37. The molecule has 0 saturated heterocycles. The van der Waals surface area contributed by atoms with Crippen LogP contribution in [0.2, 0.25) is 0 Å². The van der Waals surface area contributed by atoms with E-state index in [0.717, 1.165) is 0 Å². The van der Waals surface area contributed by atoms with Gasteiger partial charge >= 0.3 is 5.97 Å². The Morgan fingerprint density at radius 1 is 1.35 bits per heavy atom. The maximum atomic E-state index is 10.8. The number of hydrogen-bond donors (Lipinski definition) is 2. The van der Waals surface area contributed by atoms with Crippen LogP contribution in [-0.4, -0.2) is 42.5 Å². The van der Waals surface area contributed by atoms with E-state index < -0.39 is 11.5 Å². The van der Waals surface area contributed by atoms with Crippen molar-refractivity contribution in [2.24, 2.45) is 11.7 Å². The highest BCUT2D eigenvalue weighted by atomic mass is 16.5. The maximum Gasteiger partial charge on any atom is 0.323 e. The van der Waals surface area contributed by atoms with Crippen molar-refractivity contribution in [3.05, 3.63) is 0 Å². The predicted molar refractivity (Wildman–Crippen MR) is 65.9 cm³/mol. The van der Waals surface area contributed by atoms with Crippen molar-refractivity contribution >= 4 is 5.97 Å². The van der Waals surface area contributed by atoms with Gasteiger partial charge in [-0.05, 0) is 19.8 Å². The van der Waals surface area contributed by atoms with Gasteiger partial charge in [-0.3, -0.25) is 4.79 Å². The largest absolute Gasteiger partial charge is 0.480 e. The van der Waals surface area contributed by atoms with Gasteiger partial charge in [0.15, 0.2) is 0 Å². The highest BCUT2D eigenvalue weighted by molar-refractivity contribution is 5.77. The zero-order chi connectivity index (χ0) is 13.5. The summed E-state index contributed by atoms with van der Waals surface area (Å²) in [6.07, 6.45) is 0.0933. The lowest BCUT2D eigenvalue weighted by molar-refractivity contribution is -0.144. The Morgan fingerprint density at radius 3 is 2.41 bits per heavy atom. The predicted octanol–water partition coefficient (Wildman–Crippen LogP) is 1.26. The van der Waals surface area contributed by atoms with Crippen LogP contribution in [0.3, 0.4) is 0 Å². The number of rotatable bonds is 9. The summed E-state index contributed by atoms with van der Waals surface area (Å²) < 4.78 is 10.8. The highest BCUT2D eigenvalue weighted by Gasteiger charge is 2.30. The van der Waals surface area contributed by atoms with E-state index in [2.05, 4.69) is 13.8 Å². The second-order valence-corrected chi connectivity index (χ2v) is 5.08. The van der Waals surface area contributed by atoms with Gasteiger partial charge in [0.2, 0.25) is 0 Å². The normalized spacial score (nSPS) is 16.8. The second kappa shape index (κ2) is 7.63. The quantitative estimate of drug-likeness (QED) is 0.599. The Morgan fingerprint density at radius 2 is 1.94 bits per heavy atom. The smallest absolute Gasteiger partial charge is 0.323 e. The van der Waals surface area contributed by atoms with E-state index in [4.69, 9.17) is 20.3 Å². The van der Waals surface area contributed by atoms with Gasteiger partial charge in [0.05, 0.1) is 19.3 Å². The van der Waals surface area contributed by atoms with Crippen LogP contribution in [0, 0.1) is 5.92 Å². The van der Waals surface area contributed by atoms with E-state index in [1.165, 1.54) is 6.92 Å². The first-order valence-corrected chi connectivity index (χ1v) is 5.97. The number of carboxylic acids is 1. The zero-order valence-corrected chi connectivity index (χ0v) is 11.2. The first-order chi connectivity index (χ1) is 7.75. The van der Waals surface area contributed by atoms with Crippen molar-refractivity contribution in [1.29, 1.82) is 0 Å². The Bertz CT molecular complexity index is 229. The summed E-state index contributed by atoms with van der Waals surface area (Å²) in [5.74, 6) is -0.504. The molecule has 0 aromatic carbocycles. The number of ether oxygens (including phenoxy) is 2. The SMILES string of the molecule is CC(C)COCCOC(C)CC(C)(N)C(=O)O. The molecule has 0 saturated carbocycles. The van der Waals surface area contributed by atoms with Crippen molar-refractivity contribution < 1.29 is 19.4 Å². The van der Waals surface area contributed by atoms with Crippen molar-refractivity contribution in [3.8, 4) is 0 Å². The Labute approximate surface area is 103 Å². The molecule has 0 heterocycles. The minimum atomic E-state index is -1.24. The maximum absolute atomic E-state index is 10.8. The van der Waals surface area contributed by atoms with Crippen molar-refractivity contribution in [2.45, 2.75) is 45.8 Å². The molecule has 17 heavy (non-hydrogen) atoms. The van der Waals surface area contributed by atoms with Crippen LogP contribution < -0.4 is 5.73 Å². The van der Waals surface area contributed by atoms with Gasteiger partial charge in [0.1, 0.15) is 5.54 Å². The molecule has 3 N–H and O–H groups in total. The number of nitrogens with two attached hydrogens (primary N) is 1. The summed E-state index contributed by atoms with van der Waals surface area (Å²) in [6, 6.07) is 0. The molecule has 5 nitrogen and oxygen atoms in total. The van der Waals surface area contributed by atoms with Gasteiger partial charge in [-0.1, -0.05) is 13.8 Å². The van der Waals surface area contributed by atoms with Gasteiger partial charge in [0.25, 0.3) is 0 Å². The molecule has 5 heteroatoms. The van der Waals surface area contributed by atoms with E-state index in [-0.39, 0.29) is 12.5 Å². The van der Waals surface area contributed by atoms with Crippen LogP contribution in [0.15, 0.2) is 0 Å². The third kappa shape index (κ3) is 8.12. The van der Waals surface area contributed by atoms with Crippen molar-refractivity contribution in [2.75, 3.05) is 19.8 Å². The van der Waals surface area contributed by atoms with Gasteiger partial charge < -0.3 is 20.3 Å². The molecule has 0 bridgehead atoms. The van der Waals surface area contributed by atoms with Gasteiger partial charge in [-0.15, -0.1) is 0 Å². The molecule has 102 valence electrons. The van der Waals surface area contributed by atoms with Crippen LogP contribution in [0.1, 0.15) is 34.1 Å². The van der Waals surface area contributed by atoms with Gasteiger partial charge in [-0.2, -0.15) is 0 Å². The van der Waals surface area contributed by atoms with E-state index in [1.807, 2.05) is 6.92 Å². The van der Waals surface area contributed by atoms with Crippen molar-refractivity contribution in [3.63, 3.8) is 0 Å².